The van der Waals surface area contributed by atoms with Crippen molar-refractivity contribution in [3.8, 4) is 0 Å². The molecule has 0 amide bonds. The summed E-state index contributed by atoms with van der Waals surface area (Å²) in [6.45, 7) is 7.32. The van der Waals surface area contributed by atoms with Crippen molar-refractivity contribution < 1.29 is 0 Å². The van der Waals surface area contributed by atoms with Gasteiger partial charge in [0.25, 0.3) is 0 Å². The van der Waals surface area contributed by atoms with E-state index in [9.17, 15) is 0 Å². The normalized spacial score (nSPS) is 39.2. The third-order valence-corrected chi connectivity index (χ3v) is 4.22. The van der Waals surface area contributed by atoms with Gasteiger partial charge in [-0.2, -0.15) is 0 Å². The molecule has 0 aromatic rings. The van der Waals surface area contributed by atoms with Crippen LogP contribution in [0.3, 0.4) is 0 Å². The van der Waals surface area contributed by atoms with Gasteiger partial charge in [0.2, 0.25) is 0 Å². The van der Waals surface area contributed by atoms with Gasteiger partial charge in [-0.05, 0) is 46.1 Å². The summed E-state index contributed by atoms with van der Waals surface area (Å²) in [6, 6.07) is 2.37. The monoisotopic (exact) mass is 210 g/mol. The first-order chi connectivity index (χ1) is 7.27. The summed E-state index contributed by atoms with van der Waals surface area (Å²) in [6.07, 6.45) is 8.41. The standard InChI is InChI=1S/C13H26N2/c1-11-6-5-7-12(2)15(11)10-13-8-3-4-9-14-13/h11-14H,3-10H2,1-2H3/t11-,12+,13-/m0/s1. The van der Waals surface area contributed by atoms with Gasteiger partial charge in [-0.3, -0.25) is 4.90 Å². The van der Waals surface area contributed by atoms with Gasteiger partial charge in [-0.1, -0.05) is 12.8 Å². The Labute approximate surface area is 94.4 Å². The van der Waals surface area contributed by atoms with Crippen molar-refractivity contribution in [3.63, 3.8) is 0 Å². The molecule has 3 atom stereocenters. The van der Waals surface area contributed by atoms with Crippen LogP contribution >= 0.6 is 0 Å². The molecule has 2 heterocycles. The fraction of sp³-hybridized carbons (Fsp3) is 1.00. The summed E-state index contributed by atoms with van der Waals surface area (Å²) < 4.78 is 0. The second-order valence-corrected chi connectivity index (χ2v) is 5.47. The molecule has 0 unspecified atom stereocenters. The minimum absolute atomic E-state index is 0.766. The highest BCUT2D eigenvalue weighted by atomic mass is 15.2. The minimum Gasteiger partial charge on any atom is -0.313 e. The van der Waals surface area contributed by atoms with Crippen molar-refractivity contribution in [3.05, 3.63) is 0 Å². The Kier molecular flexibility index (Phi) is 4.04. The molecule has 0 saturated carbocycles. The van der Waals surface area contributed by atoms with Crippen molar-refractivity contribution in [2.75, 3.05) is 13.1 Å². The van der Waals surface area contributed by atoms with Crippen LogP contribution in [0, 0.1) is 0 Å². The first-order valence-electron chi connectivity index (χ1n) is 6.76. The van der Waals surface area contributed by atoms with Gasteiger partial charge in [0.05, 0.1) is 0 Å². The molecule has 0 bridgehead atoms. The highest BCUT2D eigenvalue weighted by molar-refractivity contribution is 4.84. The van der Waals surface area contributed by atoms with Crippen molar-refractivity contribution in [1.29, 1.82) is 0 Å². The zero-order valence-electron chi connectivity index (χ0n) is 10.3. The van der Waals surface area contributed by atoms with Crippen molar-refractivity contribution in [2.45, 2.75) is 70.5 Å². The van der Waals surface area contributed by atoms with E-state index in [1.165, 1.54) is 51.6 Å². The predicted octanol–water partition coefficient (Wildman–Crippen LogP) is 2.39. The Hall–Kier alpha value is -0.0800. The van der Waals surface area contributed by atoms with E-state index < -0.39 is 0 Å². The van der Waals surface area contributed by atoms with E-state index in [2.05, 4.69) is 24.1 Å². The molecule has 1 N–H and O–H groups in total. The Bertz CT molecular complexity index is 177. The molecule has 2 fully saturated rings. The van der Waals surface area contributed by atoms with E-state index in [0.717, 1.165) is 18.1 Å². The first kappa shape index (κ1) is 11.4. The molecule has 2 aliphatic heterocycles. The Morgan fingerprint density at radius 1 is 1.00 bits per heavy atom. The fourth-order valence-electron chi connectivity index (χ4n) is 3.17. The summed E-state index contributed by atoms with van der Waals surface area (Å²) in [5, 5.41) is 3.67. The smallest absolute Gasteiger partial charge is 0.0195 e. The molecular weight excluding hydrogens is 184 g/mol. The van der Waals surface area contributed by atoms with Crippen LogP contribution in [0.2, 0.25) is 0 Å². The molecular formula is C13H26N2. The molecule has 2 rings (SSSR count). The van der Waals surface area contributed by atoms with Gasteiger partial charge < -0.3 is 5.32 Å². The maximum absolute atomic E-state index is 3.67. The highest BCUT2D eigenvalue weighted by Gasteiger charge is 2.27. The SMILES string of the molecule is C[C@@H]1CCC[C@H](C)N1C[C@@H]1CCCCN1. The van der Waals surface area contributed by atoms with Crippen LogP contribution < -0.4 is 5.32 Å². The second-order valence-electron chi connectivity index (χ2n) is 5.47. The zero-order chi connectivity index (χ0) is 10.7. The Morgan fingerprint density at radius 3 is 2.33 bits per heavy atom. The molecule has 0 spiro atoms. The second kappa shape index (κ2) is 5.31. The van der Waals surface area contributed by atoms with Crippen LogP contribution in [0.1, 0.15) is 52.4 Å². The molecule has 88 valence electrons. The fourth-order valence-corrected chi connectivity index (χ4v) is 3.17. The van der Waals surface area contributed by atoms with Crippen molar-refractivity contribution in [2.24, 2.45) is 0 Å². The lowest BCUT2D eigenvalue weighted by molar-refractivity contribution is 0.0864. The quantitative estimate of drug-likeness (QED) is 0.753. The molecule has 0 radical (unpaired) electrons. The molecule has 0 aromatic carbocycles. The average molecular weight is 210 g/mol. The average Bonchev–Trinajstić information content (AvgIpc) is 2.25. The van der Waals surface area contributed by atoms with Gasteiger partial charge in [0.15, 0.2) is 0 Å². The molecule has 15 heavy (non-hydrogen) atoms. The number of likely N-dealkylation sites (tertiary alicyclic amines) is 1. The van der Waals surface area contributed by atoms with Crippen LogP contribution in [0.25, 0.3) is 0 Å². The summed E-state index contributed by atoms with van der Waals surface area (Å²) in [5.74, 6) is 0. The summed E-state index contributed by atoms with van der Waals surface area (Å²) >= 11 is 0. The van der Waals surface area contributed by atoms with Crippen LogP contribution in [0.4, 0.5) is 0 Å². The van der Waals surface area contributed by atoms with Gasteiger partial charge in [-0.15, -0.1) is 0 Å². The maximum Gasteiger partial charge on any atom is 0.0195 e. The highest BCUT2D eigenvalue weighted by Crippen LogP contribution is 2.23. The largest absolute Gasteiger partial charge is 0.313 e. The van der Waals surface area contributed by atoms with Gasteiger partial charge in [0, 0.05) is 24.7 Å². The van der Waals surface area contributed by atoms with Crippen molar-refractivity contribution in [1.82, 2.24) is 10.2 Å². The third-order valence-electron chi connectivity index (χ3n) is 4.22. The third kappa shape index (κ3) is 2.94. The van der Waals surface area contributed by atoms with Gasteiger partial charge in [0.1, 0.15) is 0 Å². The minimum atomic E-state index is 0.766. The number of nitrogens with zero attached hydrogens (tertiary/aromatic N) is 1. The zero-order valence-corrected chi connectivity index (χ0v) is 10.3. The molecule has 2 saturated heterocycles. The van der Waals surface area contributed by atoms with E-state index in [0.29, 0.717) is 0 Å². The Morgan fingerprint density at radius 2 is 1.73 bits per heavy atom. The number of nitrogens with one attached hydrogen (secondary N) is 1. The summed E-state index contributed by atoms with van der Waals surface area (Å²) in [7, 11) is 0. The van der Waals surface area contributed by atoms with Crippen LogP contribution in [0.15, 0.2) is 0 Å². The lowest BCUT2D eigenvalue weighted by atomic mass is 9.95. The van der Waals surface area contributed by atoms with Crippen LogP contribution in [-0.4, -0.2) is 36.1 Å². The van der Waals surface area contributed by atoms with Crippen LogP contribution in [-0.2, 0) is 0 Å². The molecule has 2 heteroatoms. The Balaban J connectivity index is 1.84. The molecule has 2 aliphatic rings. The molecule has 0 aromatic heterocycles. The van der Waals surface area contributed by atoms with Crippen molar-refractivity contribution >= 4 is 0 Å². The van der Waals surface area contributed by atoms with E-state index >= 15 is 0 Å². The van der Waals surface area contributed by atoms with E-state index in [-0.39, 0.29) is 0 Å². The number of piperidine rings is 2. The lowest BCUT2D eigenvalue weighted by Gasteiger charge is -2.41. The summed E-state index contributed by atoms with van der Waals surface area (Å²) in [4.78, 5) is 2.73. The lowest BCUT2D eigenvalue weighted by Crippen LogP contribution is -2.51. The number of rotatable bonds is 2. The van der Waals surface area contributed by atoms with E-state index in [1.54, 1.807) is 0 Å². The topological polar surface area (TPSA) is 15.3 Å². The van der Waals surface area contributed by atoms with E-state index in [1.807, 2.05) is 0 Å². The first-order valence-corrected chi connectivity index (χ1v) is 6.76. The molecule has 2 nitrogen and oxygen atoms in total. The molecule has 0 aliphatic carbocycles. The van der Waals surface area contributed by atoms with Crippen LogP contribution in [0.5, 0.6) is 0 Å². The van der Waals surface area contributed by atoms with E-state index in [4.69, 9.17) is 0 Å². The summed E-state index contributed by atoms with van der Waals surface area (Å²) in [5.41, 5.74) is 0. The predicted molar refractivity (Wildman–Crippen MR) is 65.1 cm³/mol. The van der Waals surface area contributed by atoms with Gasteiger partial charge in [-0.25, -0.2) is 0 Å². The number of hydrogen-bond donors (Lipinski definition) is 1. The maximum atomic E-state index is 3.67. The van der Waals surface area contributed by atoms with Gasteiger partial charge >= 0.3 is 0 Å². The number of hydrogen-bond acceptors (Lipinski definition) is 2.